The number of aromatic nitrogens is 1. The van der Waals surface area contributed by atoms with Gasteiger partial charge >= 0.3 is 0 Å². The molecule has 0 unspecified atom stereocenters. The average Bonchev–Trinajstić information content (AvgIpc) is 2.88. The summed E-state index contributed by atoms with van der Waals surface area (Å²) < 4.78 is 0.594. The monoisotopic (exact) mass is 338 g/mol. The molecule has 0 saturated carbocycles. The van der Waals surface area contributed by atoms with E-state index in [2.05, 4.69) is 20.9 Å². The number of hydrogen-bond acceptors (Lipinski definition) is 3. The summed E-state index contributed by atoms with van der Waals surface area (Å²) in [5, 5.41) is 2.03. The van der Waals surface area contributed by atoms with Gasteiger partial charge in [0.25, 0.3) is 5.91 Å². The molecule has 0 aromatic carbocycles. The van der Waals surface area contributed by atoms with Crippen molar-refractivity contribution in [2.75, 3.05) is 0 Å². The Morgan fingerprint density at radius 3 is 2.79 bits per heavy atom. The van der Waals surface area contributed by atoms with E-state index in [4.69, 9.17) is 0 Å². The van der Waals surface area contributed by atoms with E-state index >= 15 is 0 Å². The summed E-state index contributed by atoms with van der Waals surface area (Å²) in [6.45, 7) is 4.68. The minimum absolute atomic E-state index is 0.00313. The smallest absolute Gasteiger partial charge is 0.257 e. The summed E-state index contributed by atoms with van der Waals surface area (Å²) in [5.41, 5.74) is 0.604. The fourth-order valence-electron chi connectivity index (χ4n) is 1.76. The zero-order valence-corrected chi connectivity index (χ0v) is 13.2. The first-order valence-electron chi connectivity index (χ1n) is 6.03. The summed E-state index contributed by atoms with van der Waals surface area (Å²) in [5.74, 6) is 0.00313. The lowest BCUT2D eigenvalue weighted by Crippen LogP contribution is -2.36. The minimum atomic E-state index is 0.00313. The highest BCUT2D eigenvalue weighted by Crippen LogP contribution is 2.20. The second kappa shape index (κ2) is 6.30. The van der Waals surface area contributed by atoms with Crippen LogP contribution in [0.5, 0.6) is 0 Å². The van der Waals surface area contributed by atoms with E-state index in [0.717, 1.165) is 0 Å². The van der Waals surface area contributed by atoms with Gasteiger partial charge in [-0.2, -0.15) is 0 Å². The molecule has 0 radical (unpaired) electrons. The normalized spacial score (nSPS) is 10.7. The zero-order valence-electron chi connectivity index (χ0n) is 10.8. The van der Waals surface area contributed by atoms with Crippen LogP contribution in [0.15, 0.2) is 40.4 Å². The Morgan fingerprint density at radius 1 is 1.42 bits per heavy atom. The predicted molar refractivity (Wildman–Crippen MR) is 81.3 cm³/mol. The summed E-state index contributed by atoms with van der Waals surface area (Å²) in [7, 11) is 0. The van der Waals surface area contributed by atoms with Crippen molar-refractivity contribution in [3.63, 3.8) is 0 Å². The molecule has 1 amide bonds. The van der Waals surface area contributed by atoms with Crippen molar-refractivity contribution in [1.29, 1.82) is 0 Å². The predicted octanol–water partition coefficient (Wildman–Crippen LogP) is 3.96. The van der Waals surface area contributed by atoms with Crippen LogP contribution in [-0.2, 0) is 6.54 Å². The summed E-state index contributed by atoms with van der Waals surface area (Å²) in [6.07, 6.45) is 1.67. The van der Waals surface area contributed by atoms with E-state index in [1.54, 1.807) is 29.7 Å². The number of hydrogen-bond donors (Lipinski definition) is 0. The second-order valence-electron chi connectivity index (χ2n) is 4.45. The Morgan fingerprint density at radius 2 is 2.21 bits per heavy atom. The Labute approximate surface area is 125 Å². The molecule has 0 bridgehead atoms. The number of thiophene rings is 1. The van der Waals surface area contributed by atoms with Crippen LogP contribution >= 0.6 is 27.3 Å². The first-order valence-corrected chi connectivity index (χ1v) is 7.70. The first-order chi connectivity index (χ1) is 9.09. The van der Waals surface area contributed by atoms with Crippen LogP contribution in [0.25, 0.3) is 0 Å². The van der Waals surface area contributed by atoms with Crippen LogP contribution in [0, 0.1) is 0 Å². The van der Waals surface area contributed by atoms with Gasteiger partial charge in [0.1, 0.15) is 4.60 Å². The van der Waals surface area contributed by atoms with E-state index in [0.29, 0.717) is 16.7 Å². The Balaban J connectivity index is 2.24. The largest absolute Gasteiger partial charge is 0.331 e. The number of halogens is 1. The number of carbonyl (C=O) groups excluding carboxylic acids is 1. The molecule has 0 fully saturated rings. The van der Waals surface area contributed by atoms with Gasteiger partial charge in [0, 0.05) is 17.1 Å². The van der Waals surface area contributed by atoms with Crippen molar-refractivity contribution < 1.29 is 4.79 Å². The van der Waals surface area contributed by atoms with Crippen molar-refractivity contribution in [3.05, 3.63) is 50.9 Å². The molecule has 0 aliphatic carbocycles. The topological polar surface area (TPSA) is 33.2 Å². The van der Waals surface area contributed by atoms with Crippen LogP contribution < -0.4 is 0 Å². The molecule has 100 valence electrons. The van der Waals surface area contributed by atoms with Gasteiger partial charge in [-0.1, -0.05) is 6.07 Å². The van der Waals surface area contributed by atoms with Crippen LogP contribution in [0.3, 0.4) is 0 Å². The molecule has 0 spiro atoms. The van der Waals surface area contributed by atoms with E-state index in [1.807, 2.05) is 36.3 Å². The van der Waals surface area contributed by atoms with E-state index in [-0.39, 0.29) is 11.9 Å². The quantitative estimate of drug-likeness (QED) is 0.790. The summed E-state index contributed by atoms with van der Waals surface area (Å²) in [6, 6.07) is 7.76. The van der Waals surface area contributed by atoms with Gasteiger partial charge < -0.3 is 4.90 Å². The number of nitrogens with zero attached hydrogens (tertiary/aromatic N) is 2. The van der Waals surface area contributed by atoms with Crippen LogP contribution in [0.2, 0.25) is 0 Å². The molecular formula is C14H15BrN2OS. The number of carbonyl (C=O) groups is 1. The molecule has 19 heavy (non-hydrogen) atoms. The molecular weight excluding hydrogens is 324 g/mol. The van der Waals surface area contributed by atoms with Crippen molar-refractivity contribution in [1.82, 2.24) is 9.88 Å². The van der Waals surface area contributed by atoms with Crippen molar-refractivity contribution in [3.8, 4) is 0 Å². The maximum Gasteiger partial charge on any atom is 0.257 e. The SMILES string of the molecule is CC(C)N(Cc1cccs1)C(=O)c1cccnc1Br. The minimum Gasteiger partial charge on any atom is -0.331 e. The van der Waals surface area contributed by atoms with Gasteiger partial charge in [-0.15, -0.1) is 11.3 Å². The third-order valence-electron chi connectivity index (χ3n) is 2.78. The third kappa shape index (κ3) is 3.42. The highest BCUT2D eigenvalue weighted by molar-refractivity contribution is 9.10. The molecule has 0 atom stereocenters. The highest BCUT2D eigenvalue weighted by atomic mass is 79.9. The van der Waals surface area contributed by atoms with Crippen molar-refractivity contribution in [2.45, 2.75) is 26.4 Å². The molecule has 2 aromatic heterocycles. The van der Waals surface area contributed by atoms with Crippen molar-refractivity contribution >= 4 is 33.2 Å². The molecule has 0 aliphatic heterocycles. The maximum absolute atomic E-state index is 12.6. The molecule has 5 heteroatoms. The number of pyridine rings is 1. The Bertz CT molecular complexity index is 554. The van der Waals surface area contributed by atoms with Crippen LogP contribution in [0.1, 0.15) is 29.1 Å². The van der Waals surface area contributed by atoms with Gasteiger partial charge in [0.2, 0.25) is 0 Å². The lowest BCUT2D eigenvalue weighted by molar-refractivity contribution is 0.0691. The lowest BCUT2D eigenvalue weighted by atomic mass is 10.2. The van der Waals surface area contributed by atoms with E-state index in [9.17, 15) is 4.79 Å². The average molecular weight is 339 g/mol. The van der Waals surface area contributed by atoms with Gasteiger partial charge in [-0.25, -0.2) is 4.98 Å². The molecule has 2 aromatic rings. The Kier molecular flexibility index (Phi) is 4.71. The molecule has 0 N–H and O–H groups in total. The molecule has 0 aliphatic rings. The van der Waals surface area contributed by atoms with Crippen LogP contribution in [-0.4, -0.2) is 21.8 Å². The van der Waals surface area contributed by atoms with Gasteiger partial charge in [0.05, 0.1) is 12.1 Å². The second-order valence-corrected chi connectivity index (χ2v) is 6.23. The molecule has 2 heterocycles. The van der Waals surface area contributed by atoms with Crippen molar-refractivity contribution in [2.24, 2.45) is 0 Å². The Hall–Kier alpha value is -1.20. The highest BCUT2D eigenvalue weighted by Gasteiger charge is 2.21. The first kappa shape index (κ1) is 14.2. The third-order valence-corrected chi connectivity index (χ3v) is 4.27. The molecule has 0 saturated heterocycles. The zero-order chi connectivity index (χ0) is 13.8. The summed E-state index contributed by atoms with van der Waals surface area (Å²) in [4.78, 5) is 19.7. The van der Waals surface area contributed by atoms with E-state index < -0.39 is 0 Å². The molecule has 2 rings (SSSR count). The fourth-order valence-corrected chi connectivity index (χ4v) is 2.88. The lowest BCUT2D eigenvalue weighted by Gasteiger charge is -2.26. The number of amides is 1. The maximum atomic E-state index is 12.6. The van der Waals surface area contributed by atoms with Gasteiger partial charge in [-0.3, -0.25) is 4.79 Å². The number of rotatable bonds is 4. The van der Waals surface area contributed by atoms with Crippen LogP contribution in [0.4, 0.5) is 0 Å². The standard InChI is InChI=1S/C14H15BrN2OS/c1-10(2)17(9-11-5-4-8-19-11)14(18)12-6-3-7-16-13(12)15/h3-8,10H,9H2,1-2H3. The summed E-state index contributed by atoms with van der Waals surface area (Å²) >= 11 is 5.00. The van der Waals surface area contributed by atoms with E-state index in [1.165, 1.54) is 4.88 Å². The fraction of sp³-hybridized carbons (Fsp3) is 0.286. The van der Waals surface area contributed by atoms with Gasteiger partial charge in [0.15, 0.2) is 0 Å². The molecule has 3 nitrogen and oxygen atoms in total. The van der Waals surface area contributed by atoms with Gasteiger partial charge in [-0.05, 0) is 53.4 Å².